The van der Waals surface area contributed by atoms with E-state index < -0.39 is 0 Å². The van der Waals surface area contributed by atoms with Crippen LogP contribution in [-0.4, -0.2) is 36.1 Å². The van der Waals surface area contributed by atoms with E-state index in [0.717, 1.165) is 36.5 Å². The van der Waals surface area contributed by atoms with E-state index in [9.17, 15) is 0 Å². The number of nitrogens with zero attached hydrogens (tertiary/aromatic N) is 2. The predicted molar refractivity (Wildman–Crippen MR) is 66.0 cm³/mol. The molecule has 0 fully saturated rings. The molecule has 1 aliphatic heterocycles. The second kappa shape index (κ2) is 5.28. The quantitative estimate of drug-likeness (QED) is 0.848. The number of hydrogen-bond acceptors (Lipinski definition) is 3. The fraction of sp³-hybridized carbons (Fsp3) is 0.364. The van der Waals surface area contributed by atoms with Crippen LogP contribution in [0.2, 0.25) is 0 Å². The molecular formula is C11H14BrN3. The van der Waals surface area contributed by atoms with E-state index in [1.165, 1.54) is 0 Å². The third-order valence-corrected chi connectivity index (χ3v) is 3.01. The lowest BCUT2D eigenvalue weighted by Crippen LogP contribution is -2.26. The third-order valence-electron chi connectivity index (χ3n) is 2.37. The monoisotopic (exact) mass is 267 g/mol. The van der Waals surface area contributed by atoms with Gasteiger partial charge in [-0.1, -0.05) is 12.2 Å². The first-order valence-corrected chi connectivity index (χ1v) is 5.87. The molecule has 0 saturated carbocycles. The number of nitrogens with one attached hydrogen (secondary N) is 1. The van der Waals surface area contributed by atoms with Gasteiger partial charge in [0.1, 0.15) is 5.82 Å². The Morgan fingerprint density at radius 1 is 1.40 bits per heavy atom. The van der Waals surface area contributed by atoms with Crippen molar-refractivity contribution in [2.75, 3.05) is 31.5 Å². The minimum atomic E-state index is 0.921. The fourth-order valence-corrected chi connectivity index (χ4v) is 1.95. The normalized spacial score (nSPS) is 15.8. The Labute approximate surface area is 98.3 Å². The first-order chi connectivity index (χ1) is 7.36. The van der Waals surface area contributed by atoms with Crippen LogP contribution >= 0.6 is 15.9 Å². The van der Waals surface area contributed by atoms with Gasteiger partial charge in [0.25, 0.3) is 0 Å². The number of halogens is 1. The molecule has 1 aromatic rings. The molecule has 0 bridgehead atoms. The highest BCUT2D eigenvalue weighted by atomic mass is 79.9. The van der Waals surface area contributed by atoms with E-state index in [1.54, 1.807) is 6.20 Å². The summed E-state index contributed by atoms with van der Waals surface area (Å²) in [5, 5.41) is 3.31. The number of aromatic nitrogens is 1. The molecule has 15 heavy (non-hydrogen) atoms. The van der Waals surface area contributed by atoms with Crippen molar-refractivity contribution in [1.82, 2.24) is 9.88 Å². The Morgan fingerprint density at radius 3 is 2.93 bits per heavy atom. The Bertz CT molecular complexity index is 343. The van der Waals surface area contributed by atoms with Crippen molar-refractivity contribution in [3.8, 4) is 0 Å². The highest BCUT2D eigenvalue weighted by Crippen LogP contribution is 2.17. The molecule has 1 aliphatic rings. The lowest BCUT2D eigenvalue weighted by atomic mass is 10.4. The van der Waals surface area contributed by atoms with Gasteiger partial charge in [-0.15, -0.1) is 0 Å². The van der Waals surface area contributed by atoms with E-state index in [-0.39, 0.29) is 0 Å². The summed E-state index contributed by atoms with van der Waals surface area (Å²) in [5.74, 6) is 0.921. The minimum Gasteiger partial charge on any atom is -0.368 e. The van der Waals surface area contributed by atoms with Crippen molar-refractivity contribution in [3.63, 3.8) is 0 Å². The molecule has 0 saturated heterocycles. The third kappa shape index (κ3) is 3.04. The van der Waals surface area contributed by atoms with Gasteiger partial charge in [0.05, 0.1) is 4.47 Å². The Morgan fingerprint density at radius 2 is 2.20 bits per heavy atom. The molecule has 0 aliphatic carbocycles. The Kier molecular flexibility index (Phi) is 3.75. The fourth-order valence-electron chi connectivity index (χ4n) is 1.55. The second-order valence-electron chi connectivity index (χ2n) is 3.49. The maximum Gasteiger partial charge on any atom is 0.140 e. The van der Waals surface area contributed by atoms with Crippen molar-refractivity contribution in [3.05, 3.63) is 35.0 Å². The summed E-state index contributed by atoms with van der Waals surface area (Å²) in [6.45, 7) is 4.13. The average molecular weight is 268 g/mol. The lowest BCUT2D eigenvalue weighted by molar-refractivity contribution is 0.367. The van der Waals surface area contributed by atoms with Crippen LogP contribution in [0.3, 0.4) is 0 Å². The number of hydrogen-bond donors (Lipinski definition) is 1. The molecule has 0 aromatic carbocycles. The van der Waals surface area contributed by atoms with Gasteiger partial charge < -0.3 is 5.32 Å². The van der Waals surface area contributed by atoms with Crippen LogP contribution in [0.25, 0.3) is 0 Å². The van der Waals surface area contributed by atoms with Gasteiger partial charge in [-0.3, -0.25) is 4.90 Å². The maximum atomic E-state index is 4.25. The molecule has 80 valence electrons. The number of rotatable bonds is 4. The summed E-state index contributed by atoms with van der Waals surface area (Å²) in [5.41, 5.74) is 0. The van der Waals surface area contributed by atoms with Crippen LogP contribution in [0.5, 0.6) is 0 Å². The van der Waals surface area contributed by atoms with Crippen molar-refractivity contribution < 1.29 is 0 Å². The molecule has 0 unspecified atom stereocenters. The smallest absolute Gasteiger partial charge is 0.140 e. The summed E-state index contributed by atoms with van der Waals surface area (Å²) >= 11 is 3.46. The van der Waals surface area contributed by atoms with E-state index in [2.05, 4.69) is 43.3 Å². The largest absolute Gasteiger partial charge is 0.368 e. The van der Waals surface area contributed by atoms with Gasteiger partial charge in [-0.2, -0.15) is 0 Å². The van der Waals surface area contributed by atoms with Gasteiger partial charge in [0.2, 0.25) is 0 Å². The van der Waals surface area contributed by atoms with Gasteiger partial charge >= 0.3 is 0 Å². The first kappa shape index (κ1) is 10.6. The highest BCUT2D eigenvalue weighted by molar-refractivity contribution is 9.10. The minimum absolute atomic E-state index is 0.921. The van der Waals surface area contributed by atoms with Crippen molar-refractivity contribution in [2.45, 2.75) is 0 Å². The number of pyridine rings is 1. The van der Waals surface area contributed by atoms with Crippen molar-refractivity contribution in [2.24, 2.45) is 0 Å². The number of anilines is 1. The van der Waals surface area contributed by atoms with Gasteiger partial charge in [0.15, 0.2) is 0 Å². The summed E-state index contributed by atoms with van der Waals surface area (Å²) in [6.07, 6.45) is 6.21. The zero-order valence-electron chi connectivity index (χ0n) is 8.49. The van der Waals surface area contributed by atoms with E-state index in [4.69, 9.17) is 0 Å². The summed E-state index contributed by atoms with van der Waals surface area (Å²) in [6, 6.07) is 3.91. The summed E-state index contributed by atoms with van der Waals surface area (Å²) in [4.78, 5) is 6.63. The van der Waals surface area contributed by atoms with Crippen molar-refractivity contribution in [1.29, 1.82) is 0 Å². The maximum absolute atomic E-state index is 4.25. The molecule has 3 nitrogen and oxygen atoms in total. The van der Waals surface area contributed by atoms with Crippen LogP contribution in [0.1, 0.15) is 0 Å². The second-order valence-corrected chi connectivity index (χ2v) is 4.35. The van der Waals surface area contributed by atoms with Crippen LogP contribution in [0.15, 0.2) is 35.0 Å². The average Bonchev–Trinajstić information content (AvgIpc) is 2.74. The summed E-state index contributed by atoms with van der Waals surface area (Å²) < 4.78 is 1.02. The van der Waals surface area contributed by atoms with Crippen LogP contribution in [-0.2, 0) is 0 Å². The molecule has 0 atom stereocenters. The first-order valence-electron chi connectivity index (χ1n) is 5.08. The molecule has 1 N–H and O–H groups in total. The molecule has 4 heteroatoms. The zero-order valence-corrected chi connectivity index (χ0v) is 10.1. The zero-order chi connectivity index (χ0) is 10.5. The Hall–Kier alpha value is -0.870. The molecule has 2 heterocycles. The van der Waals surface area contributed by atoms with E-state index in [0.29, 0.717) is 0 Å². The SMILES string of the molecule is Brc1cccnc1NCCN1CC=CC1. The molecule has 0 radical (unpaired) electrons. The van der Waals surface area contributed by atoms with E-state index >= 15 is 0 Å². The molecular weight excluding hydrogens is 254 g/mol. The standard InChI is InChI=1S/C11H14BrN3/c12-10-4-3-5-13-11(10)14-6-9-15-7-1-2-8-15/h1-5H,6-9H2,(H,13,14). The van der Waals surface area contributed by atoms with Gasteiger partial charge in [0, 0.05) is 32.4 Å². The summed E-state index contributed by atoms with van der Waals surface area (Å²) in [7, 11) is 0. The molecule has 0 spiro atoms. The lowest BCUT2D eigenvalue weighted by Gasteiger charge is -2.15. The molecule has 0 amide bonds. The van der Waals surface area contributed by atoms with Crippen LogP contribution in [0.4, 0.5) is 5.82 Å². The van der Waals surface area contributed by atoms with Crippen LogP contribution in [0, 0.1) is 0 Å². The Balaban J connectivity index is 1.76. The topological polar surface area (TPSA) is 28.2 Å². The molecule has 2 rings (SSSR count). The van der Waals surface area contributed by atoms with Crippen molar-refractivity contribution >= 4 is 21.7 Å². The van der Waals surface area contributed by atoms with Gasteiger partial charge in [-0.25, -0.2) is 4.98 Å². The van der Waals surface area contributed by atoms with Gasteiger partial charge in [-0.05, 0) is 28.1 Å². The molecule has 1 aromatic heterocycles. The van der Waals surface area contributed by atoms with Crippen LogP contribution < -0.4 is 5.32 Å². The predicted octanol–water partition coefficient (Wildman–Crippen LogP) is 2.13. The van der Waals surface area contributed by atoms with E-state index in [1.807, 2.05) is 12.1 Å². The highest BCUT2D eigenvalue weighted by Gasteiger charge is 2.05.